The highest BCUT2D eigenvalue weighted by molar-refractivity contribution is 7.63. The lowest BCUT2D eigenvalue weighted by molar-refractivity contribution is 0.836. The molecule has 0 aliphatic rings. The van der Waals surface area contributed by atoms with E-state index in [1.54, 1.807) is 0 Å². The maximum absolute atomic E-state index is 8.93. The van der Waals surface area contributed by atoms with Crippen LogP contribution in [0.15, 0.2) is 30.3 Å². The van der Waals surface area contributed by atoms with Gasteiger partial charge < -0.3 is 0 Å². The highest BCUT2D eigenvalue weighted by Gasteiger charge is 2.18. The fourth-order valence-electron chi connectivity index (χ4n) is 1.38. The van der Waals surface area contributed by atoms with Crippen molar-refractivity contribution in [1.82, 2.24) is 4.67 Å². The molecule has 82 valence electrons. The minimum atomic E-state index is -0.814. The maximum atomic E-state index is 8.93. The molecule has 0 bridgehead atoms. The van der Waals surface area contributed by atoms with Gasteiger partial charge in [0.15, 0.2) is 12.4 Å². The fourth-order valence-corrected chi connectivity index (χ4v) is 3.42. The van der Waals surface area contributed by atoms with Gasteiger partial charge in [-0.1, -0.05) is 43.7 Å². The first-order valence-corrected chi connectivity index (χ1v) is 6.73. The van der Waals surface area contributed by atoms with Crippen molar-refractivity contribution in [2.45, 2.75) is 19.8 Å². The molecule has 1 atom stereocenters. The van der Waals surface area contributed by atoms with Crippen molar-refractivity contribution in [2.24, 2.45) is 0 Å². The summed E-state index contributed by atoms with van der Waals surface area (Å²) in [5, 5.41) is 18.9. The molecule has 0 aliphatic carbocycles. The van der Waals surface area contributed by atoms with E-state index >= 15 is 0 Å². The Morgan fingerprint density at radius 2 is 1.81 bits per heavy atom. The SMILES string of the molecule is CCCCP(c1ccccc1)N(C#N)C#N. The van der Waals surface area contributed by atoms with E-state index in [0.29, 0.717) is 0 Å². The second kappa shape index (κ2) is 6.83. The molecule has 1 rings (SSSR count). The molecule has 0 aromatic heterocycles. The van der Waals surface area contributed by atoms with E-state index in [9.17, 15) is 0 Å². The standard InChI is InChI=1S/C12H14N3P/c1-2-3-9-16(15(10-13)11-14)12-7-5-4-6-8-12/h4-8H,2-3,9H2,1H3. The van der Waals surface area contributed by atoms with Crippen LogP contribution in [0.2, 0.25) is 0 Å². The summed E-state index contributed by atoms with van der Waals surface area (Å²) in [6, 6.07) is 9.82. The smallest absolute Gasteiger partial charge is 0.190 e. The highest BCUT2D eigenvalue weighted by Crippen LogP contribution is 2.38. The summed E-state index contributed by atoms with van der Waals surface area (Å²) in [6.07, 6.45) is 6.94. The second-order valence-electron chi connectivity index (χ2n) is 3.32. The van der Waals surface area contributed by atoms with Gasteiger partial charge in [0.05, 0.1) is 8.07 Å². The van der Waals surface area contributed by atoms with Gasteiger partial charge in [-0.05, 0) is 17.9 Å². The van der Waals surface area contributed by atoms with Crippen LogP contribution in [0.5, 0.6) is 0 Å². The third-order valence-corrected chi connectivity index (χ3v) is 4.50. The molecule has 0 saturated heterocycles. The summed E-state index contributed by atoms with van der Waals surface area (Å²) in [5.41, 5.74) is 0. The van der Waals surface area contributed by atoms with Gasteiger partial charge in [-0.2, -0.15) is 15.2 Å². The minimum absolute atomic E-state index is 0.814. The second-order valence-corrected chi connectivity index (χ2v) is 5.49. The largest absolute Gasteiger partial charge is 0.197 e. The van der Waals surface area contributed by atoms with Crippen molar-refractivity contribution >= 4 is 13.4 Å². The zero-order valence-corrected chi connectivity index (χ0v) is 10.2. The van der Waals surface area contributed by atoms with Crippen LogP contribution in [-0.4, -0.2) is 10.8 Å². The summed E-state index contributed by atoms with van der Waals surface area (Å²) in [7, 11) is -0.814. The molecule has 0 N–H and O–H groups in total. The summed E-state index contributed by atoms with van der Waals surface area (Å²) >= 11 is 0. The number of nitriles is 2. The molecule has 0 heterocycles. The molecule has 0 saturated carbocycles. The topological polar surface area (TPSA) is 50.8 Å². The third kappa shape index (κ3) is 3.23. The van der Waals surface area contributed by atoms with E-state index in [-0.39, 0.29) is 0 Å². The first kappa shape index (κ1) is 12.5. The highest BCUT2D eigenvalue weighted by atomic mass is 31.1. The molecule has 3 nitrogen and oxygen atoms in total. The van der Waals surface area contributed by atoms with Crippen LogP contribution in [0.3, 0.4) is 0 Å². The van der Waals surface area contributed by atoms with Crippen molar-refractivity contribution < 1.29 is 0 Å². The predicted molar refractivity (Wildman–Crippen MR) is 65.8 cm³/mol. The molecule has 0 radical (unpaired) electrons. The fraction of sp³-hybridized carbons (Fsp3) is 0.333. The lowest BCUT2D eigenvalue weighted by atomic mass is 10.4. The normalized spacial score (nSPS) is 11.2. The molecule has 0 spiro atoms. The number of benzene rings is 1. The molecule has 1 unspecified atom stereocenters. The van der Waals surface area contributed by atoms with Crippen LogP contribution in [-0.2, 0) is 0 Å². The molecule has 0 aliphatic heterocycles. The average molecular weight is 231 g/mol. The Kier molecular flexibility index (Phi) is 5.34. The Bertz CT molecular complexity index is 377. The Labute approximate surface area is 97.7 Å². The van der Waals surface area contributed by atoms with Gasteiger partial charge in [-0.25, -0.2) is 0 Å². The van der Waals surface area contributed by atoms with Gasteiger partial charge in [-0.15, -0.1) is 0 Å². The molecule has 16 heavy (non-hydrogen) atoms. The third-order valence-electron chi connectivity index (χ3n) is 2.21. The Balaban J connectivity index is 2.88. The summed E-state index contributed by atoms with van der Waals surface area (Å²) in [4.78, 5) is 0. The molecular weight excluding hydrogens is 217 g/mol. The average Bonchev–Trinajstić information content (AvgIpc) is 2.35. The molecule has 0 amide bonds. The van der Waals surface area contributed by atoms with Gasteiger partial charge >= 0.3 is 0 Å². The van der Waals surface area contributed by atoms with E-state index < -0.39 is 8.07 Å². The molecule has 1 aromatic carbocycles. The molecular formula is C12H14N3P. The van der Waals surface area contributed by atoms with Crippen molar-refractivity contribution in [3.63, 3.8) is 0 Å². The lowest BCUT2D eigenvalue weighted by Gasteiger charge is -2.20. The van der Waals surface area contributed by atoms with E-state index in [1.807, 2.05) is 42.7 Å². The molecule has 0 fully saturated rings. The Morgan fingerprint density at radius 3 is 2.31 bits per heavy atom. The predicted octanol–water partition coefficient (Wildman–Crippen LogP) is 2.77. The van der Waals surface area contributed by atoms with Crippen molar-refractivity contribution in [3.8, 4) is 12.4 Å². The molecule has 1 aromatic rings. The van der Waals surface area contributed by atoms with Crippen molar-refractivity contribution in [2.75, 3.05) is 6.16 Å². The van der Waals surface area contributed by atoms with E-state index in [0.717, 1.165) is 24.3 Å². The van der Waals surface area contributed by atoms with Crippen LogP contribution in [0.4, 0.5) is 0 Å². The van der Waals surface area contributed by atoms with Crippen LogP contribution in [0, 0.1) is 22.9 Å². The number of rotatable bonds is 5. The van der Waals surface area contributed by atoms with E-state index in [1.165, 1.54) is 4.67 Å². The summed E-state index contributed by atoms with van der Waals surface area (Å²) < 4.78 is 1.24. The number of hydrogen-bond acceptors (Lipinski definition) is 3. The Hall–Kier alpha value is -1.57. The zero-order chi connectivity index (χ0) is 11.8. The summed E-state index contributed by atoms with van der Waals surface area (Å²) in [6.45, 7) is 2.11. The molecule has 4 heteroatoms. The first-order chi connectivity index (χ1) is 7.83. The number of hydrogen-bond donors (Lipinski definition) is 0. The van der Waals surface area contributed by atoms with Gasteiger partial charge in [0.1, 0.15) is 0 Å². The van der Waals surface area contributed by atoms with Gasteiger partial charge in [-0.3, -0.25) is 0 Å². The Morgan fingerprint density at radius 1 is 1.19 bits per heavy atom. The lowest BCUT2D eigenvalue weighted by Crippen LogP contribution is -2.15. The van der Waals surface area contributed by atoms with Crippen LogP contribution >= 0.6 is 8.07 Å². The van der Waals surface area contributed by atoms with E-state index in [4.69, 9.17) is 10.5 Å². The van der Waals surface area contributed by atoms with Gasteiger partial charge in [0.2, 0.25) is 0 Å². The van der Waals surface area contributed by atoms with Gasteiger partial charge in [0.25, 0.3) is 0 Å². The monoisotopic (exact) mass is 231 g/mol. The van der Waals surface area contributed by atoms with Gasteiger partial charge in [0, 0.05) is 0 Å². The van der Waals surface area contributed by atoms with Crippen molar-refractivity contribution in [1.29, 1.82) is 10.5 Å². The zero-order valence-electron chi connectivity index (χ0n) is 9.30. The number of nitrogens with zero attached hydrogens (tertiary/aromatic N) is 3. The van der Waals surface area contributed by atoms with Crippen molar-refractivity contribution in [3.05, 3.63) is 30.3 Å². The maximum Gasteiger partial charge on any atom is 0.197 e. The van der Waals surface area contributed by atoms with E-state index in [2.05, 4.69) is 6.92 Å². The van der Waals surface area contributed by atoms with Crippen LogP contribution < -0.4 is 5.30 Å². The minimum Gasteiger partial charge on any atom is -0.190 e. The van der Waals surface area contributed by atoms with Crippen LogP contribution in [0.1, 0.15) is 19.8 Å². The quantitative estimate of drug-likeness (QED) is 0.445. The summed E-state index contributed by atoms with van der Waals surface area (Å²) in [5.74, 6) is 0. The number of unbranched alkanes of at least 4 members (excludes halogenated alkanes) is 1. The first-order valence-electron chi connectivity index (χ1n) is 5.25. The van der Waals surface area contributed by atoms with Crippen LogP contribution in [0.25, 0.3) is 0 Å².